The van der Waals surface area contributed by atoms with Crippen LogP contribution in [0.5, 0.6) is 0 Å². The van der Waals surface area contributed by atoms with Gasteiger partial charge in [0.2, 0.25) is 0 Å². The van der Waals surface area contributed by atoms with Gasteiger partial charge in [0.25, 0.3) is 0 Å². The Morgan fingerprint density at radius 2 is 1.67 bits per heavy atom. The maximum Gasteiger partial charge on any atom is 0.180 e. The molecule has 2 nitrogen and oxygen atoms in total. The van der Waals surface area contributed by atoms with Crippen molar-refractivity contribution in [1.82, 2.24) is 5.32 Å². The zero-order chi connectivity index (χ0) is 13.9. The third kappa shape index (κ3) is 3.20. The van der Waals surface area contributed by atoms with Crippen LogP contribution >= 0.6 is 0 Å². The van der Waals surface area contributed by atoms with E-state index in [2.05, 4.69) is 39.1 Å². The van der Waals surface area contributed by atoms with Crippen LogP contribution in [-0.2, 0) is 0 Å². The molecule has 1 unspecified atom stereocenters. The summed E-state index contributed by atoms with van der Waals surface area (Å²) in [6, 6.07) is 4.04. The Bertz CT molecular complexity index is 435. The molecule has 0 aliphatic carbocycles. The maximum atomic E-state index is 12.6. The van der Waals surface area contributed by atoms with Crippen molar-refractivity contribution < 1.29 is 4.79 Å². The number of carbonyl (C=O) groups is 1. The third-order valence-electron chi connectivity index (χ3n) is 3.48. The number of likely N-dealkylation sites (N-methyl/N-ethyl adjacent to an activating group) is 1. The summed E-state index contributed by atoms with van der Waals surface area (Å²) in [4.78, 5) is 12.6. The van der Waals surface area contributed by atoms with Gasteiger partial charge in [-0.1, -0.05) is 26.8 Å². The lowest BCUT2D eigenvalue weighted by molar-refractivity contribution is 0.0917. The van der Waals surface area contributed by atoms with Crippen molar-refractivity contribution in [3.8, 4) is 0 Å². The topological polar surface area (TPSA) is 29.1 Å². The van der Waals surface area contributed by atoms with Crippen LogP contribution in [0.3, 0.4) is 0 Å². The summed E-state index contributed by atoms with van der Waals surface area (Å²) in [6.45, 7) is 13.2. The average molecular weight is 247 g/mol. The monoisotopic (exact) mass is 247 g/mol. The predicted molar refractivity (Wildman–Crippen MR) is 77.3 cm³/mol. The summed E-state index contributed by atoms with van der Waals surface area (Å²) in [5.74, 6) is 0.519. The number of hydrogen-bond donors (Lipinski definition) is 1. The van der Waals surface area contributed by atoms with Crippen LogP contribution in [-0.4, -0.2) is 18.4 Å². The van der Waals surface area contributed by atoms with Crippen molar-refractivity contribution in [3.63, 3.8) is 0 Å². The van der Waals surface area contributed by atoms with E-state index in [1.54, 1.807) is 0 Å². The van der Waals surface area contributed by atoms with Gasteiger partial charge in [-0.3, -0.25) is 4.79 Å². The van der Waals surface area contributed by atoms with Crippen molar-refractivity contribution in [2.24, 2.45) is 5.92 Å². The van der Waals surface area contributed by atoms with Crippen LogP contribution in [0.2, 0.25) is 0 Å². The molecule has 1 N–H and O–H groups in total. The lowest BCUT2D eigenvalue weighted by Crippen LogP contribution is -2.41. The zero-order valence-electron chi connectivity index (χ0n) is 12.4. The lowest BCUT2D eigenvalue weighted by atomic mass is 9.90. The van der Waals surface area contributed by atoms with Gasteiger partial charge >= 0.3 is 0 Å². The first-order valence-corrected chi connectivity index (χ1v) is 6.73. The van der Waals surface area contributed by atoms with Gasteiger partial charge in [-0.2, -0.15) is 0 Å². The van der Waals surface area contributed by atoms with Gasteiger partial charge in [0.1, 0.15) is 0 Å². The second kappa shape index (κ2) is 6.14. The molecule has 0 aliphatic rings. The number of carbonyl (C=O) groups excluding carboxylic acids is 1. The predicted octanol–water partition coefficient (Wildman–Crippen LogP) is 3.43. The fraction of sp³-hybridized carbons (Fsp3) is 0.562. The van der Waals surface area contributed by atoms with Crippen molar-refractivity contribution in [3.05, 3.63) is 34.4 Å². The minimum atomic E-state index is -0.0872. The number of Topliss-reactive ketones (excluding diaryl/α,β-unsaturated/α-hetero) is 1. The molecule has 0 saturated heterocycles. The molecule has 1 atom stereocenters. The van der Waals surface area contributed by atoms with Crippen LogP contribution in [0.4, 0.5) is 0 Å². The molecule has 0 amide bonds. The number of ketones is 1. The Hall–Kier alpha value is -1.15. The third-order valence-corrected chi connectivity index (χ3v) is 3.48. The number of benzene rings is 1. The van der Waals surface area contributed by atoms with E-state index < -0.39 is 0 Å². The lowest BCUT2D eigenvalue weighted by Gasteiger charge is -2.22. The normalized spacial score (nSPS) is 12.8. The quantitative estimate of drug-likeness (QED) is 0.808. The van der Waals surface area contributed by atoms with Crippen LogP contribution < -0.4 is 5.32 Å². The molecule has 0 aliphatic heterocycles. The Labute approximate surface area is 111 Å². The van der Waals surface area contributed by atoms with Crippen molar-refractivity contribution >= 4 is 5.78 Å². The van der Waals surface area contributed by atoms with Crippen LogP contribution in [0.1, 0.15) is 47.8 Å². The van der Waals surface area contributed by atoms with Crippen LogP contribution in [0, 0.1) is 26.7 Å². The van der Waals surface area contributed by atoms with Gasteiger partial charge in [-0.05, 0) is 56.0 Å². The van der Waals surface area contributed by atoms with Crippen molar-refractivity contribution in [2.75, 3.05) is 6.54 Å². The SMILES string of the molecule is CCNC(C(=O)c1cc(C)c(C)cc1C)C(C)C. The summed E-state index contributed by atoms with van der Waals surface area (Å²) in [5.41, 5.74) is 4.36. The number of aryl methyl sites for hydroxylation is 3. The number of nitrogens with one attached hydrogen (secondary N) is 1. The first-order chi connectivity index (χ1) is 8.38. The van der Waals surface area contributed by atoms with Gasteiger partial charge in [0.05, 0.1) is 6.04 Å². The van der Waals surface area contributed by atoms with Gasteiger partial charge < -0.3 is 5.32 Å². The van der Waals surface area contributed by atoms with Gasteiger partial charge in [-0.25, -0.2) is 0 Å². The van der Waals surface area contributed by atoms with Crippen molar-refractivity contribution in [1.29, 1.82) is 0 Å². The largest absolute Gasteiger partial charge is 0.307 e. The fourth-order valence-electron chi connectivity index (χ4n) is 2.24. The molecule has 1 aromatic carbocycles. The number of rotatable bonds is 5. The number of hydrogen-bond acceptors (Lipinski definition) is 2. The molecular formula is C16H25NO. The standard InChI is InChI=1S/C16H25NO/c1-7-17-15(10(2)3)16(18)14-9-12(5)11(4)8-13(14)6/h8-10,15,17H,7H2,1-6H3. The summed E-state index contributed by atoms with van der Waals surface area (Å²) >= 11 is 0. The molecular weight excluding hydrogens is 222 g/mol. The average Bonchev–Trinajstić information content (AvgIpc) is 2.29. The highest BCUT2D eigenvalue weighted by molar-refractivity contribution is 6.01. The molecule has 0 radical (unpaired) electrons. The second-order valence-corrected chi connectivity index (χ2v) is 5.40. The van der Waals surface area contributed by atoms with Gasteiger partial charge in [0.15, 0.2) is 5.78 Å². The van der Waals surface area contributed by atoms with Gasteiger partial charge in [-0.15, -0.1) is 0 Å². The second-order valence-electron chi connectivity index (χ2n) is 5.40. The first-order valence-electron chi connectivity index (χ1n) is 6.73. The summed E-state index contributed by atoms with van der Waals surface area (Å²) in [5, 5.41) is 3.29. The van der Waals surface area contributed by atoms with E-state index in [0.29, 0.717) is 5.92 Å². The van der Waals surface area contributed by atoms with Crippen molar-refractivity contribution in [2.45, 2.75) is 47.6 Å². The highest BCUT2D eigenvalue weighted by Gasteiger charge is 2.23. The van der Waals surface area contributed by atoms with E-state index in [-0.39, 0.29) is 11.8 Å². The van der Waals surface area contributed by atoms with E-state index >= 15 is 0 Å². The molecule has 0 aromatic heterocycles. The van der Waals surface area contributed by atoms with E-state index in [9.17, 15) is 4.79 Å². The minimum Gasteiger partial charge on any atom is -0.307 e. The molecule has 2 heteroatoms. The van der Waals surface area contributed by atoms with Crippen LogP contribution in [0.25, 0.3) is 0 Å². The summed E-state index contributed by atoms with van der Waals surface area (Å²) < 4.78 is 0. The fourth-order valence-corrected chi connectivity index (χ4v) is 2.24. The molecule has 0 spiro atoms. The Morgan fingerprint density at radius 3 is 2.17 bits per heavy atom. The molecule has 0 fully saturated rings. The summed E-state index contributed by atoms with van der Waals surface area (Å²) in [6.07, 6.45) is 0. The van der Waals surface area contributed by atoms with E-state index in [1.807, 2.05) is 19.9 Å². The van der Waals surface area contributed by atoms with E-state index in [1.165, 1.54) is 11.1 Å². The Balaban J connectivity index is 3.12. The first kappa shape index (κ1) is 14.9. The molecule has 18 heavy (non-hydrogen) atoms. The molecule has 0 saturated carbocycles. The van der Waals surface area contributed by atoms with E-state index in [4.69, 9.17) is 0 Å². The summed E-state index contributed by atoms with van der Waals surface area (Å²) in [7, 11) is 0. The molecule has 0 heterocycles. The minimum absolute atomic E-state index is 0.0872. The highest BCUT2D eigenvalue weighted by atomic mass is 16.1. The maximum absolute atomic E-state index is 12.6. The van der Waals surface area contributed by atoms with Gasteiger partial charge in [0, 0.05) is 5.56 Å². The zero-order valence-corrected chi connectivity index (χ0v) is 12.4. The van der Waals surface area contributed by atoms with E-state index in [0.717, 1.165) is 17.7 Å². The molecule has 0 bridgehead atoms. The Morgan fingerprint density at radius 1 is 1.11 bits per heavy atom. The Kier molecular flexibility index (Phi) is 5.09. The van der Waals surface area contributed by atoms with Crippen LogP contribution in [0.15, 0.2) is 12.1 Å². The molecule has 1 aromatic rings. The smallest absolute Gasteiger partial charge is 0.180 e. The molecule has 1 rings (SSSR count). The molecule has 100 valence electrons. The highest BCUT2D eigenvalue weighted by Crippen LogP contribution is 2.19.